The first kappa shape index (κ1) is 22.0. The number of thioether (sulfide) groups is 1. The summed E-state index contributed by atoms with van der Waals surface area (Å²) in [4.78, 5) is 18.3. The minimum absolute atomic E-state index is 0.127. The van der Waals surface area contributed by atoms with E-state index < -0.39 is 0 Å². The highest BCUT2D eigenvalue weighted by Crippen LogP contribution is 2.29. The minimum Gasteiger partial charge on any atom is -0.302 e. The van der Waals surface area contributed by atoms with E-state index in [4.69, 9.17) is 11.6 Å². The highest BCUT2D eigenvalue weighted by molar-refractivity contribution is 7.99. The van der Waals surface area contributed by atoms with Gasteiger partial charge in [0, 0.05) is 38.3 Å². The third-order valence-corrected chi connectivity index (χ3v) is 7.57. The van der Waals surface area contributed by atoms with E-state index >= 15 is 0 Å². The van der Waals surface area contributed by atoms with Gasteiger partial charge < -0.3 is 9.88 Å². The highest BCUT2D eigenvalue weighted by atomic mass is 35.5. The summed E-state index contributed by atoms with van der Waals surface area (Å²) < 4.78 is 2.04. The van der Waals surface area contributed by atoms with Crippen molar-refractivity contribution in [2.45, 2.75) is 32.0 Å². The van der Waals surface area contributed by atoms with Crippen LogP contribution in [0.4, 0.5) is 5.13 Å². The molecular formula is C21H20ClN5OS3. The van der Waals surface area contributed by atoms with Crippen molar-refractivity contribution in [1.82, 2.24) is 19.7 Å². The van der Waals surface area contributed by atoms with E-state index in [1.807, 2.05) is 34.2 Å². The van der Waals surface area contributed by atoms with Crippen LogP contribution < -0.4 is 5.32 Å². The quantitative estimate of drug-likeness (QED) is 0.303. The van der Waals surface area contributed by atoms with E-state index in [2.05, 4.69) is 45.8 Å². The minimum atomic E-state index is -0.127. The average Bonchev–Trinajstić information content (AvgIpc) is 3.51. The van der Waals surface area contributed by atoms with Gasteiger partial charge in [-0.05, 0) is 31.5 Å². The van der Waals surface area contributed by atoms with Crippen molar-refractivity contribution in [3.8, 4) is 22.6 Å². The van der Waals surface area contributed by atoms with Gasteiger partial charge >= 0.3 is 0 Å². The van der Waals surface area contributed by atoms with Gasteiger partial charge in [0.15, 0.2) is 16.1 Å². The van der Waals surface area contributed by atoms with Crippen LogP contribution in [0, 0.1) is 0 Å². The first-order valence-electron chi connectivity index (χ1n) is 9.72. The molecule has 3 aromatic heterocycles. The predicted octanol–water partition coefficient (Wildman–Crippen LogP) is 6.10. The molecule has 160 valence electrons. The topological polar surface area (TPSA) is 72.7 Å². The number of benzene rings is 1. The van der Waals surface area contributed by atoms with Gasteiger partial charge in [-0.15, -0.1) is 32.9 Å². The summed E-state index contributed by atoms with van der Waals surface area (Å²) in [6.45, 7) is 4.93. The molecule has 0 atom stereocenters. The van der Waals surface area contributed by atoms with Crippen molar-refractivity contribution in [2.24, 2.45) is 0 Å². The third kappa shape index (κ3) is 5.17. The summed E-state index contributed by atoms with van der Waals surface area (Å²) in [5, 5.41) is 17.5. The van der Waals surface area contributed by atoms with E-state index in [9.17, 15) is 4.79 Å². The molecule has 0 spiro atoms. The summed E-state index contributed by atoms with van der Waals surface area (Å²) in [7, 11) is 0. The summed E-state index contributed by atoms with van der Waals surface area (Å²) in [6.07, 6.45) is 1.00. The standard InChI is InChI=1S/C21H20ClN5OS3/c1-3-16-9-14(10-29-16)19-25-26-21(27(19)4-2)31-12-18(28)24-20-23-17(11-30-20)13-5-7-15(22)8-6-13/h5-11H,3-4,12H2,1-2H3,(H,23,24,28). The number of carbonyl (C=O) groups is 1. The molecule has 0 fully saturated rings. The van der Waals surface area contributed by atoms with E-state index in [-0.39, 0.29) is 11.7 Å². The molecule has 1 aromatic carbocycles. The number of thiophene rings is 1. The molecule has 3 heterocycles. The molecule has 0 unspecified atom stereocenters. The SMILES string of the molecule is CCc1cc(-c2nnc(SCC(=O)Nc3nc(-c4ccc(Cl)cc4)cs3)n2CC)cs1. The normalized spacial score (nSPS) is 11.1. The molecular weight excluding hydrogens is 470 g/mol. The molecule has 0 radical (unpaired) electrons. The van der Waals surface area contributed by atoms with Crippen LogP contribution in [0.15, 0.2) is 46.2 Å². The van der Waals surface area contributed by atoms with Crippen LogP contribution in [0.5, 0.6) is 0 Å². The van der Waals surface area contributed by atoms with Crippen molar-refractivity contribution in [2.75, 3.05) is 11.1 Å². The van der Waals surface area contributed by atoms with Crippen molar-refractivity contribution in [3.05, 3.63) is 51.0 Å². The molecule has 1 amide bonds. The molecule has 10 heteroatoms. The number of hydrogen-bond donors (Lipinski definition) is 1. The lowest BCUT2D eigenvalue weighted by molar-refractivity contribution is -0.113. The summed E-state index contributed by atoms with van der Waals surface area (Å²) >= 11 is 10.4. The van der Waals surface area contributed by atoms with Gasteiger partial charge in [0.1, 0.15) is 0 Å². The van der Waals surface area contributed by atoms with Gasteiger partial charge in [-0.3, -0.25) is 4.79 Å². The lowest BCUT2D eigenvalue weighted by Crippen LogP contribution is -2.14. The number of amides is 1. The molecule has 0 aliphatic rings. The number of thiazole rings is 1. The van der Waals surface area contributed by atoms with Crippen molar-refractivity contribution in [1.29, 1.82) is 0 Å². The van der Waals surface area contributed by atoms with Crippen LogP contribution in [-0.2, 0) is 17.8 Å². The van der Waals surface area contributed by atoms with E-state index in [0.717, 1.165) is 40.8 Å². The zero-order valence-electron chi connectivity index (χ0n) is 17.0. The lowest BCUT2D eigenvalue weighted by atomic mass is 10.2. The van der Waals surface area contributed by atoms with E-state index in [1.165, 1.54) is 28.0 Å². The van der Waals surface area contributed by atoms with Crippen LogP contribution >= 0.6 is 46.0 Å². The Kier molecular flexibility index (Phi) is 7.06. The van der Waals surface area contributed by atoms with Crippen LogP contribution in [0.3, 0.4) is 0 Å². The molecule has 6 nitrogen and oxygen atoms in total. The Bertz CT molecular complexity index is 1180. The van der Waals surface area contributed by atoms with Crippen LogP contribution in [0.1, 0.15) is 18.7 Å². The molecule has 4 rings (SSSR count). The maximum absolute atomic E-state index is 12.5. The van der Waals surface area contributed by atoms with Crippen LogP contribution in [-0.4, -0.2) is 31.4 Å². The second kappa shape index (κ2) is 9.95. The zero-order valence-corrected chi connectivity index (χ0v) is 20.2. The highest BCUT2D eigenvalue weighted by Gasteiger charge is 2.16. The Labute approximate surface area is 197 Å². The maximum atomic E-state index is 12.5. The Morgan fingerprint density at radius 1 is 1.13 bits per heavy atom. The number of rotatable bonds is 8. The fourth-order valence-corrected chi connectivity index (χ4v) is 5.42. The second-order valence-electron chi connectivity index (χ2n) is 6.59. The van der Waals surface area contributed by atoms with Gasteiger partial charge in [-0.25, -0.2) is 4.98 Å². The van der Waals surface area contributed by atoms with Crippen molar-refractivity contribution in [3.63, 3.8) is 0 Å². The fraction of sp³-hybridized carbons (Fsp3) is 0.238. The Hall–Kier alpha value is -2.20. The van der Waals surface area contributed by atoms with E-state index in [1.54, 1.807) is 11.3 Å². The average molecular weight is 490 g/mol. The Morgan fingerprint density at radius 3 is 2.65 bits per heavy atom. The monoisotopic (exact) mass is 489 g/mol. The first-order valence-corrected chi connectivity index (χ1v) is 12.8. The summed E-state index contributed by atoms with van der Waals surface area (Å²) in [5.74, 6) is 0.949. The lowest BCUT2D eigenvalue weighted by Gasteiger charge is -2.06. The van der Waals surface area contributed by atoms with E-state index in [0.29, 0.717) is 10.2 Å². The van der Waals surface area contributed by atoms with Gasteiger partial charge in [-0.1, -0.05) is 42.4 Å². The second-order valence-corrected chi connectivity index (χ2v) is 9.82. The zero-order chi connectivity index (χ0) is 21.8. The Balaban J connectivity index is 1.38. The molecule has 0 saturated heterocycles. The maximum Gasteiger partial charge on any atom is 0.236 e. The molecule has 1 N–H and O–H groups in total. The van der Waals surface area contributed by atoms with Crippen molar-refractivity contribution >= 4 is 57.1 Å². The largest absolute Gasteiger partial charge is 0.302 e. The van der Waals surface area contributed by atoms with Gasteiger partial charge in [0.2, 0.25) is 5.91 Å². The Morgan fingerprint density at radius 2 is 1.94 bits per heavy atom. The summed E-state index contributed by atoms with van der Waals surface area (Å²) in [6, 6.07) is 9.61. The molecule has 4 aromatic rings. The number of nitrogens with one attached hydrogen (secondary N) is 1. The number of aromatic nitrogens is 4. The number of carbonyl (C=O) groups excluding carboxylic acids is 1. The smallest absolute Gasteiger partial charge is 0.236 e. The van der Waals surface area contributed by atoms with Crippen LogP contribution in [0.25, 0.3) is 22.6 Å². The van der Waals surface area contributed by atoms with Gasteiger partial charge in [0.25, 0.3) is 0 Å². The summed E-state index contributed by atoms with van der Waals surface area (Å²) in [5.41, 5.74) is 2.84. The van der Waals surface area contributed by atoms with Crippen LogP contribution in [0.2, 0.25) is 5.02 Å². The number of hydrogen-bond acceptors (Lipinski definition) is 7. The molecule has 0 saturated carbocycles. The first-order chi connectivity index (χ1) is 15.1. The number of nitrogens with zero attached hydrogens (tertiary/aromatic N) is 4. The number of halogens is 1. The molecule has 0 aliphatic heterocycles. The number of aryl methyl sites for hydroxylation is 1. The molecule has 31 heavy (non-hydrogen) atoms. The fourth-order valence-electron chi connectivity index (χ4n) is 2.95. The predicted molar refractivity (Wildman–Crippen MR) is 130 cm³/mol. The number of anilines is 1. The molecule has 0 aliphatic carbocycles. The van der Waals surface area contributed by atoms with Gasteiger partial charge in [-0.2, -0.15) is 0 Å². The molecule has 0 bridgehead atoms. The van der Waals surface area contributed by atoms with Crippen molar-refractivity contribution < 1.29 is 4.79 Å². The third-order valence-electron chi connectivity index (χ3n) is 4.52. The van der Waals surface area contributed by atoms with Gasteiger partial charge in [0.05, 0.1) is 11.4 Å².